The van der Waals surface area contributed by atoms with Crippen molar-refractivity contribution in [3.8, 4) is 11.5 Å². The summed E-state index contributed by atoms with van der Waals surface area (Å²) in [5.74, 6) is 2.88. The Kier molecular flexibility index (Phi) is 4.66. The van der Waals surface area contributed by atoms with Gasteiger partial charge >= 0.3 is 0 Å². The molecule has 1 fully saturated rings. The van der Waals surface area contributed by atoms with Crippen LogP contribution >= 0.6 is 0 Å². The second-order valence-electron chi connectivity index (χ2n) is 7.21. The quantitative estimate of drug-likeness (QED) is 0.832. The molecular formula is C20H27N3O2. The van der Waals surface area contributed by atoms with Crippen molar-refractivity contribution in [1.82, 2.24) is 14.5 Å². The number of aryl methyl sites for hydroxylation is 3. The molecule has 2 aromatic rings. The third-order valence-corrected chi connectivity index (χ3v) is 5.58. The van der Waals surface area contributed by atoms with Gasteiger partial charge in [-0.1, -0.05) is 6.42 Å². The van der Waals surface area contributed by atoms with E-state index in [0.717, 1.165) is 30.4 Å². The van der Waals surface area contributed by atoms with Crippen LogP contribution in [0.25, 0.3) is 0 Å². The Morgan fingerprint density at radius 1 is 1.16 bits per heavy atom. The lowest BCUT2D eigenvalue weighted by molar-refractivity contribution is 0.128. The first kappa shape index (κ1) is 16.5. The smallest absolute Gasteiger partial charge is 0.231 e. The maximum atomic E-state index is 5.57. The SMILES string of the molecule is Cc1cc2c(cc1CN1CCCCC1CCn1ccnc1C)OCO2. The lowest BCUT2D eigenvalue weighted by Gasteiger charge is -2.36. The van der Waals surface area contributed by atoms with Crippen LogP contribution in [0.1, 0.15) is 42.6 Å². The second-order valence-corrected chi connectivity index (χ2v) is 7.21. The van der Waals surface area contributed by atoms with Gasteiger partial charge in [0.25, 0.3) is 0 Å². The summed E-state index contributed by atoms with van der Waals surface area (Å²) in [6, 6.07) is 4.93. The topological polar surface area (TPSA) is 39.5 Å². The molecule has 0 N–H and O–H groups in total. The molecule has 0 saturated carbocycles. The summed E-state index contributed by atoms with van der Waals surface area (Å²) in [5, 5.41) is 0. The molecular weight excluding hydrogens is 314 g/mol. The molecule has 3 heterocycles. The number of piperidine rings is 1. The van der Waals surface area contributed by atoms with Crippen LogP contribution in [-0.4, -0.2) is 33.8 Å². The molecule has 2 aliphatic rings. The number of likely N-dealkylation sites (tertiary alicyclic amines) is 1. The van der Waals surface area contributed by atoms with Crippen LogP contribution in [0.4, 0.5) is 0 Å². The minimum absolute atomic E-state index is 0.342. The van der Waals surface area contributed by atoms with Crippen LogP contribution in [0.3, 0.4) is 0 Å². The van der Waals surface area contributed by atoms with Gasteiger partial charge in [0.1, 0.15) is 5.82 Å². The lowest BCUT2D eigenvalue weighted by atomic mass is 9.97. The molecule has 1 aromatic heterocycles. The summed E-state index contributed by atoms with van der Waals surface area (Å²) in [6.45, 7) is 7.82. The van der Waals surface area contributed by atoms with Gasteiger partial charge < -0.3 is 14.0 Å². The van der Waals surface area contributed by atoms with Crippen molar-refractivity contribution >= 4 is 0 Å². The molecule has 1 unspecified atom stereocenters. The first-order chi connectivity index (χ1) is 12.2. The maximum Gasteiger partial charge on any atom is 0.231 e. The highest BCUT2D eigenvalue weighted by molar-refractivity contribution is 5.48. The summed E-state index contributed by atoms with van der Waals surface area (Å²) in [4.78, 5) is 6.99. The molecule has 0 bridgehead atoms. The van der Waals surface area contributed by atoms with Gasteiger partial charge in [-0.05, 0) is 62.9 Å². The average molecular weight is 341 g/mol. The number of ether oxygens (including phenoxy) is 2. The van der Waals surface area contributed by atoms with Crippen molar-refractivity contribution in [3.05, 3.63) is 41.5 Å². The van der Waals surface area contributed by atoms with Crippen LogP contribution in [0.15, 0.2) is 24.5 Å². The van der Waals surface area contributed by atoms with E-state index in [1.54, 1.807) is 0 Å². The van der Waals surface area contributed by atoms with Crippen molar-refractivity contribution in [2.45, 2.75) is 58.7 Å². The highest BCUT2D eigenvalue weighted by Crippen LogP contribution is 2.35. The summed E-state index contributed by atoms with van der Waals surface area (Å²) in [5.41, 5.74) is 2.65. The zero-order chi connectivity index (χ0) is 17.2. The summed E-state index contributed by atoms with van der Waals surface area (Å²) in [6.07, 6.45) is 9.08. The van der Waals surface area contributed by atoms with E-state index in [9.17, 15) is 0 Å². The average Bonchev–Trinajstić information content (AvgIpc) is 3.23. The number of aromatic nitrogens is 2. The zero-order valence-corrected chi connectivity index (χ0v) is 15.2. The van der Waals surface area contributed by atoms with E-state index in [-0.39, 0.29) is 0 Å². The number of rotatable bonds is 5. The number of hydrogen-bond donors (Lipinski definition) is 0. The molecule has 1 aromatic carbocycles. The van der Waals surface area contributed by atoms with Crippen molar-refractivity contribution in [3.63, 3.8) is 0 Å². The molecule has 1 atom stereocenters. The van der Waals surface area contributed by atoms with Gasteiger partial charge in [0.15, 0.2) is 11.5 Å². The van der Waals surface area contributed by atoms with E-state index in [4.69, 9.17) is 9.47 Å². The Hall–Kier alpha value is -2.01. The first-order valence-electron chi connectivity index (χ1n) is 9.31. The zero-order valence-electron chi connectivity index (χ0n) is 15.2. The van der Waals surface area contributed by atoms with E-state index in [0.29, 0.717) is 12.8 Å². The Bertz CT molecular complexity index is 741. The van der Waals surface area contributed by atoms with Gasteiger partial charge in [-0.15, -0.1) is 0 Å². The summed E-state index contributed by atoms with van der Waals surface area (Å²) >= 11 is 0. The van der Waals surface area contributed by atoms with Crippen LogP contribution in [0, 0.1) is 13.8 Å². The fraction of sp³-hybridized carbons (Fsp3) is 0.550. The van der Waals surface area contributed by atoms with E-state index in [1.165, 1.54) is 43.4 Å². The molecule has 0 spiro atoms. The molecule has 0 radical (unpaired) electrons. The predicted octanol–water partition coefficient (Wildman–Crippen LogP) is 3.67. The molecule has 5 heteroatoms. The standard InChI is InChI=1S/C20H27N3O2/c1-15-11-19-20(25-14-24-19)12-17(15)13-23-8-4-3-5-18(23)6-9-22-10-7-21-16(22)2/h7,10-12,18H,3-6,8-9,13-14H2,1-2H3. The minimum Gasteiger partial charge on any atom is -0.454 e. The van der Waals surface area contributed by atoms with Gasteiger partial charge in [0.2, 0.25) is 6.79 Å². The summed E-state index contributed by atoms with van der Waals surface area (Å²) < 4.78 is 13.3. The minimum atomic E-state index is 0.342. The Balaban J connectivity index is 1.45. The number of imidazole rings is 1. The van der Waals surface area contributed by atoms with Gasteiger partial charge in [-0.25, -0.2) is 4.98 Å². The number of nitrogens with zero attached hydrogens (tertiary/aromatic N) is 3. The second kappa shape index (κ2) is 7.08. The van der Waals surface area contributed by atoms with E-state index < -0.39 is 0 Å². The fourth-order valence-corrected chi connectivity index (χ4v) is 4.00. The molecule has 0 amide bonds. The Labute approximate surface area is 149 Å². The molecule has 4 rings (SSSR count). The van der Waals surface area contributed by atoms with Crippen LogP contribution in [-0.2, 0) is 13.1 Å². The molecule has 0 aliphatic carbocycles. The normalized spacial score (nSPS) is 20.2. The summed E-state index contributed by atoms with van der Waals surface area (Å²) in [7, 11) is 0. The molecule has 25 heavy (non-hydrogen) atoms. The third-order valence-electron chi connectivity index (χ3n) is 5.58. The molecule has 134 valence electrons. The van der Waals surface area contributed by atoms with Gasteiger partial charge in [-0.2, -0.15) is 0 Å². The lowest BCUT2D eigenvalue weighted by Crippen LogP contribution is -2.39. The van der Waals surface area contributed by atoms with Crippen LogP contribution in [0.5, 0.6) is 11.5 Å². The van der Waals surface area contributed by atoms with Gasteiger partial charge in [0.05, 0.1) is 0 Å². The Morgan fingerprint density at radius 3 is 2.80 bits per heavy atom. The number of benzene rings is 1. The third kappa shape index (κ3) is 3.52. The van der Waals surface area contributed by atoms with Crippen molar-refractivity contribution in [2.24, 2.45) is 0 Å². The fourth-order valence-electron chi connectivity index (χ4n) is 4.00. The van der Waals surface area contributed by atoms with Crippen LogP contribution < -0.4 is 9.47 Å². The van der Waals surface area contributed by atoms with Gasteiger partial charge in [-0.3, -0.25) is 4.90 Å². The first-order valence-corrected chi connectivity index (χ1v) is 9.31. The van der Waals surface area contributed by atoms with Crippen molar-refractivity contribution in [2.75, 3.05) is 13.3 Å². The maximum absolute atomic E-state index is 5.57. The van der Waals surface area contributed by atoms with E-state index in [2.05, 4.69) is 46.6 Å². The Morgan fingerprint density at radius 2 is 2.00 bits per heavy atom. The predicted molar refractivity (Wildman–Crippen MR) is 96.9 cm³/mol. The monoisotopic (exact) mass is 341 g/mol. The molecule has 5 nitrogen and oxygen atoms in total. The largest absolute Gasteiger partial charge is 0.454 e. The molecule has 2 aliphatic heterocycles. The van der Waals surface area contributed by atoms with Crippen molar-refractivity contribution in [1.29, 1.82) is 0 Å². The molecule has 1 saturated heterocycles. The van der Waals surface area contributed by atoms with Gasteiger partial charge in [0, 0.05) is 31.5 Å². The van der Waals surface area contributed by atoms with Crippen molar-refractivity contribution < 1.29 is 9.47 Å². The number of hydrogen-bond acceptors (Lipinski definition) is 4. The highest BCUT2D eigenvalue weighted by Gasteiger charge is 2.24. The highest BCUT2D eigenvalue weighted by atomic mass is 16.7. The number of fused-ring (bicyclic) bond motifs is 1. The van der Waals surface area contributed by atoms with E-state index >= 15 is 0 Å². The van der Waals surface area contributed by atoms with Crippen LogP contribution in [0.2, 0.25) is 0 Å². The van der Waals surface area contributed by atoms with E-state index in [1.807, 2.05) is 6.20 Å².